The quantitative estimate of drug-likeness (QED) is 0.766. The zero-order valence-corrected chi connectivity index (χ0v) is 11.4. The van der Waals surface area contributed by atoms with Crippen molar-refractivity contribution in [2.24, 2.45) is 0 Å². The number of rotatable bonds is 6. The molecule has 0 radical (unpaired) electrons. The molecule has 0 heterocycles. The van der Waals surface area contributed by atoms with Gasteiger partial charge in [-0.05, 0) is 24.3 Å². The van der Waals surface area contributed by atoms with Crippen molar-refractivity contribution in [3.8, 4) is 0 Å². The van der Waals surface area contributed by atoms with E-state index in [-0.39, 0.29) is 12.0 Å². The van der Waals surface area contributed by atoms with Crippen LogP contribution in [-0.4, -0.2) is 17.5 Å². The summed E-state index contributed by atoms with van der Waals surface area (Å²) in [7, 11) is 0. The van der Waals surface area contributed by atoms with Crippen LogP contribution in [-0.2, 0) is 0 Å². The van der Waals surface area contributed by atoms with E-state index in [2.05, 4.69) is 0 Å². The summed E-state index contributed by atoms with van der Waals surface area (Å²) < 4.78 is 26.1. The molecule has 18 heavy (non-hydrogen) atoms. The SMILES string of the molecule is CCCC(O)CC(=C(F)F)c1ccccc1SC. The predicted molar refractivity (Wildman–Crippen MR) is 72.9 cm³/mol. The minimum absolute atomic E-state index is 0.00769. The van der Waals surface area contributed by atoms with Crippen molar-refractivity contribution in [2.75, 3.05) is 6.26 Å². The van der Waals surface area contributed by atoms with Crippen LogP contribution in [0.1, 0.15) is 31.7 Å². The molecule has 100 valence electrons. The molecule has 0 spiro atoms. The summed E-state index contributed by atoms with van der Waals surface area (Å²) in [6, 6.07) is 7.06. The number of halogens is 2. The zero-order valence-electron chi connectivity index (χ0n) is 10.6. The van der Waals surface area contributed by atoms with E-state index >= 15 is 0 Å². The minimum Gasteiger partial charge on any atom is -0.393 e. The summed E-state index contributed by atoms with van der Waals surface area (Å²) in [6.07, 6.45) is 0.779. The monoisotopic (exact) mass is 272 g/mol. The van der Waals surface area contributed by atoms with Crippen molar-refractivity contribution in [1.82, 2.24) is 0 Å². The Morgan fingerprint density at radius 1 is 1.33 bits per heavy atom. The van der Waals surface area contributed by atoms with Crippen LogP contribution in [0.4, 0.5) is 8.78 Å². The van der Waals surface area contributed by atoms with Gasteiger partial charge in [-0.15, -0.1) is 11.8 Å². The first kappa shape index (κ1) is 15.2. The van der Waals surface area contributed by atoms with E-state index < -0.39 is 12.2 Å². The number of hydrogen-bond donors (Lipinski definition) is 1. The van der Waals surface area contributed by atoms with Gasteiger partial charge in [-0.3, -0.25) is 0 Å². The molecule has 1 rings (SSSR count). The van der Waals surface area contributed by atoms with Crippen LogP contribution >= 0.6 is 11.8 Å². The van der Waals surface area contributed by atoms with E-state index in [1.807, 2.05) is 25.3 Å². The molecule has 1 N–H and O–H groups in total. The Bertz CT molecular complexity index is 414. The average Bonchev–Trinajstić information content (AvgIpc) is 2.36. The van der Waals surface area contributed by atoms with Crippen molar-refractivity contribution in [1.29, 1.82) is 0 Å². The molecule has 0 aliphatic carbocycles. The van der Waals surface area contributed by atoms with Gasteiger partial charge >= 0.3 is 0 Å². The molecule has 1 nitrogen and oxygen atoms in total. The molecule has 0 fully saturated rings. The number of aliphatic hydroxyl groups excluding tert-OH is 1. The van der Waals surface area contributed by atoms with Crippen LogP contribution in [0, 0.1) is 0 Å². The first-order valence-corrected chi connectivity index (χ1v) is 7.18. The molecule has 1 aromatic carbocycles. The van der Waals surface area contributed by atoms with Gasteiger partial charge in [0.2, 0.25) is 0 Å². The van der Waals surface area contributed by atoms with E-state index in [0.29, 0.717) is 12.0 Å². The van der Waals surface area contributed by atoms with Crippen LogP contribution in [0.5, 0.6) is 0 Å². The van der Waals surface area contributed by atoms with Gasteiger partial charge in [-0.2, -0.15) is 8.78 Å². The van der Waals surface area contributed by atoms with Crippen LogP contribution < -0.4 is 0 Å². The second kappa shape index (κ2) is 7.54. The number of hydrogen-bond acceptors (Lipinski definition) is 2. The third-order valence-corrected chi connectivity index (χ3v) is 3.52. The molecular formula is C14H18F2OS. The van der Waals surface area contributed by atoms with Gasteiger partial charge in [0, 0.05) is 16.9 Å². The molecular weight excluding hydrogens is 254 g/mol. The molecule has 0 saturated heterocycles. The Morgan fingerprint density at radius 3 is 2.56 bits per heavy atom. The molecule has 0 bridgehead atoms. The molecule has 1 aromatic rings. The summed E-state index contributed by atoms with van der Waals surface area (Å²) in [5.74, 6) is 0. The van der Waals surface area contributed by atoms with E-state index in [0.717, 1.165) is 11.3 Å². The third-order valence-electron chi connectivity index (χ3n) is 2.72. The molecule has 0 aromatic heterocycles. The Kier molecular flexibility index (Phi) is 6.36. The third kappa shape index (κ3) is 4.10. The number of aliphatic hydroxyl groups is 1. The van der Waals surface area contributed by atoms with E-state index in [9.17, 15) is 13.9 Å². The van der Waals surface area contributed by atoms with Crippen molar-refractivity contribution < 1.29 is 13.9 Å². The normalized spacial score (nSPS) is 12.3. The summed E-state index contributed by atoms with van der Waals surface area (Å²) in [5.41, 5.74) is 0.487. The highest BCUT2D eigenvalue weighted by molar-refractivity contribution is 7.98. The molecule has 0 aliphatic heterocycles. The molecule has 0 aliphatic rings. The van der Waals surface area contributed by atoms with E-state index in [1.165, 1.54) is 11.8 Å². The molecule has 0 saturated carbocycles. The van der Waals surface area contributed by atoms with Gasteiger partial charge in [0.1, 0.15) is 0 Å². The average molecular weight is 272 g/mol. The molecule has 1 atom stereocenters. The Labute approximate surface area is 111 Å². The minimum atomic E-state index is -1.70. The van der Waals surface area contributed by atoms with Crippen LogP contribution in [0.2, 0.25) is 0 Å². The van der Waals surface area contributed by atoms with E-state index in [1.54, 1.807) is 12.1 Å². The summed E-state index contributed by atoms with van der Waals surface area (Å²) in [6.45, 7) is 1.92. The van der Waals surface area contributed by atoms with Crippen molar-refractivity contribution in [3.05, 3.63) is 35.9 Å². The van der Waals surface area contributed by atoms with Gasteiger partial charge in [0.05, 0.1) is 6.10 Å². The lowest BCUT2D eigenvalue weighted by Crippen LogP contribution is -2.07. The lowest BCUT2D eigenvalue weighted by molar-refractivity contribution is 0.168. The second-order valence-electron chi connectivity index (χ2n) is 4.09. The van der Waals surface area contributed by atoms with Crippen LogP contribution in [0.15, 0.2) is 35.2 Å². The number of benzene rings is 1. The highest BCUT2D eigenvalue weighted by atomic mass is 32.2. The summed E-state index contributed by atoms with van der Waals surface area (Å²) in [4.78, 5) is 0.809. The van der Waals surface area contributed by atoms with Gasteiger partial charge in [-0.1, -0.05) is 31.5 Å². The highest BCUT2D eigenvalue weighted by Gasteiger charge is 2.16. The van der Waals surface area contributed by atoms with Crippen LogP contribution in [0.25, 0.3) is 5.57 Å². The number of thioether (sulfide) groups is 1. The van der Waals surface area contributed by atoms with Gasteiger partial charge in [-0.25, -0.2) is 0 Å². The Morgan fingerprint density at radius 2 is 2.00 bits per heavy atom. The fourth-order valence-electron chi connectivity index (χ4n) is 1.85. The first-order chi connectivity index (χ1) is 8.60. The van der Waals surface area contributed by atoms with Gasteiger partial charge < -0.3 is 5.11 Å². The van der Waals surface area contributed by atoms with Crippen molar-refractivity contribution in [2.45, 2.75) is 37.2 Å². The second-order valence-corrected chi connectivity index (χ2v) is 4.93. The summed E-state index contributed by atoms with van der Waals surface area (Å²) >= 11 is 1.43. The van der Waals surface area contributed by atoms with E-state index in [4.69, 9.17) is 0 Å². The maximum atomic E-state index is 13.1. The molecule has 1 unspecified atom stereocenters. The van der Waals surface area contributed by atoms with Crippen molar-refractivity contribution >= 4 is 17.3 Å². The largest absolute Gasteiger partial charge is 0.393 e. The Hall–Kier alpha value is -0.870. The predicted octanol–water partition coefficient (Wildman–Crippen LogP) is 4.57. The maximum Gasteiger partial charge on any atom is 0.274 e. The van der Waals surface area contributed by atoms with Gasteiger partial charge in [0.15, 0.2) is 0 Å². The Balaban J connectivity index is 3.03. The smallest absolute Gasteiger partial charge is 0.274 e. The fourth-order valence-corrected chi connectivity index (χ4v) is 2.48. The standard InChI is InChI=1S/C14H18F2OS/c1-3-6-10(17)9-12(14(15)16)11-7-4-5-8-13(11)18-2/h4-5,7-8,10,17H,3,6,9H2,1-2H3. The molecule has 0 amide bonds. The topological polar surface area (TPSA) is 20.2 Å². The lowest BCUT2D eigenvalue weighted by atomic mass is 9.99. The molecule has 4 heteroatoms. The van der Waals surface area contributed by atoms with Gasteiger partial charge in [0.25, 0.3) is 6.08 Å². The highest BCUT2D eigenvalue weighted by Crippen LogP contribution is 2.33. The lowest BCUT2D eigenvalue weighted by Gasteiger charge is -2.14. The first-order valence-electron chi connectivity index (χ1n) is 5.95. The van der Waals surface area contributed by atoms with Crippen molar-refractivity contribution in [3.63, 3.8) is 0 Å². The van der Waals surface area contributed by atoms with Crippen LogP contribution in [0.3, 0.4) is 0 Å². The zero-order chi connectivity index (χ0) is 13.5. The summed E-state index contributed by atoms with van der Waals surface area (Å²) in [5, 5.41) is 9.72. The maximum absolute atomic E-state index is 13.1. The fraction of sp³-hybridized carbons (Fsp3) is 0.429.